The van der Waals surface area contributed by atoms with Gasteiger partial charge in [-0.05, 0) is 25.1 Å². The number of thioether (sulfide) groups is 1. The van der Waals surface area contributed by atoms with E-state index in [4.69, 9.17) is 4.74 Å². The summed E-state index contributed by atoms with van der Waals surface area (Å²) < 4.78 is 31.6. The van der Waals surface area contributed by atoms with Crippen LogP contribution in [0.3, 0.4) is 0 Å². The van der Waals surface area contributed by atoms with E-state index in [1.807, 2.05) is 12.3 Å². The smallest absolute Gasteiger partial charge is 0.242 e. The van der Waals surface area contributed by atoms with Crippen LogP contribution < -0.4 is 10.1 Å². The van der Waals surface area contributed by atoms with Crippen LogP contribution in [0.5, 0.6) is 5.75 Å². The van der Waals surface area contributed by atoms with Crippen LogP contribution in [0.2, 0.25) is 0 Å². The molecule has 2 aromatic rings. The van der Waals surface area contributed by atoms with Gasteiger partial charge in [0.05, 0.1) is 23.4 Å². The van der Waals surface area contributed by atoms with Gasteiger partial charge in [-0.1, -0.05) is 11.8 Å². The van der Waals surface area contributed by atoms with Crippen molar-refractivity contribution >= 4 is 44.7 Å². The molecule has 0 aliphatic carbocycles. The van der Waals surface area contributed by atoms with Gasteiger partial charge < -0.3 is 10.1 Å². The van der Waals surface area contributed by atoms with Crippen LogP contribution in [-0.2, 0) is 14.8 Å². The molecule has 0 aliphatic rings. The zero-order valence-corrected chi connectivity index (χ0v) is 16.7. The lowest BCUT2D eigenvalue weighted by Crippen LogP contribution is -2.22. The Bertz CT molecular complexity index is 863. The number of rotatable bonds is 7. The van der Waals surface area contributed by atoms with Gasteiger partial charge in [-0.3, -0.25) is 4.79 Å². The van der Waals surface area contributed by atoms with E-state index in [1.165, 1.54) is 62.5 Å². The number of hydrogen-bond acceptors (Lipinski definition) is 7. The first kappa shape index (κ1) is 19.7. The Morgan fingerprint density at radius 1 is 1.40 bits per heavy atom. The molecule has 0 bridgehead atoms. The fourth-order valence-corrected chi connectivity index (χ4v) is 4.45. The lowest BCUT2D eigenvalue weighted by Gasteiger charge is -2.15. The number of aromatic nitrogens is 1. The number of nitrogens with one attached hydrogen (secondary N) is 1. The van der Waals surface area contributed by atoms with Crippen molar-refractivity contribution in [1.82, 2.24) is 9.29 Å². The number of methoxy groups -OCH3 is 1. The standard InChI is InChI=1S/C15H19N3O4S3/c1-10-8-23-15(16-10)24-9-14(19)17-12-7-11(5-6-13(12)22-4)25(20,21)18(2)3/h5-8H,9H2,1-4H3,(H,17,19). The molecule has 0 saturated heterocycles. The number of carbonyl (C=O) groups excluding carboxylic acids is 1. The van der Waals surface area contributed by atoms with Gasteiger partial charge in [0.25, 0.3) is 0 Å². The van der Waals surface area contributed by atoms with Crippen molar-refractivity contribution < 1.29 is 17.9 Å². The molecule has 1 aromatic carbocycles. The molecule has 1 amide bonds. The maximum atomic E-state index is 12.2. The molecule has 0 fully saturated rings. The second kappa shape index (κ2) is 8.17. The van der Waals surface area contributed by atoms with Crippen molar-refractivity contribution in [2.75, 3.05) is 32.3 Å². The minimum absolute atomic E-state index is 0.0804. The molecular formula is C15H19N3O4S3. The van der Waals surface area contributed by atoms with Crippen LogP contribution in [0, 0.1) is 6.92 Å². The molecule has 7 nitrogen and oxygen atoms in total. The average Bonchev–Trinajstić information content (AvgIpc) is 2.98. The summed E-state index contributed by atoms with van der Waals surface area (Å²) in [5.74, 6) is 0.289. The Kier molecular flexibility index (Phi) is 6.44. The number of anilines is 1. The summed E-state index contributed by atoms with van der Waals surface area (Å²) in [6.45, 7) is 1.89. The third-order valence-electron chi connectivity index (χ3n) is 3.15. The summed E-state index contributed by atoms with van der Waals surface area (Å²) in [7, 11) is 0.755. The number of benzene rings is 1. The summed E-state index contributed by atoms with van der Waals surface area (Å²) in [6.07, 6.45) is 0. The van der Waals surface area contributed by atoms with Gasteiger partial charge >= 0.3 is 0 Å². The summed E-state index contributed by atoms with van der Waals surface area (Å²) in [6, 6.07) is 4.35. The molecule has 136 valence electrons. The second-order valence-electron chi connectivity index (χ2n) is 5.24. The van der Waals surface area contributed by atoms with Crippen molar-refractivity contribution in [1.29, 1.82) is 0 Å². The minimum atomic E-state index is -3.60. The van der Waals surface area contributed by atoms with Crippen molar-refractivity contribution in [2.45, 2.75) is 16.2 Å². The number of nitrogens with zero attached hydrogens (tertiary/aromatic N) is 2. The summed E-state index contributed by atoms with van der Waals surface area (Å²) >= 11 is 2.80. The Morgan fingerprint density at radius 2 is 2.12 bits per heavy atom. The second-order valence-corrected chi connectivity index (χ2v) is 9.47. The molecule has 0 saturated carbocycles. The van der Waals surface area contributed by atoms with E-state index < -0.39 is 10.0 Å². The van der Waals surface area contributed by atoms with Crippen LogP contribution in [0.4, 0.5) is 5.69 Å². The summed E-state index contributed by atoms with van der Waals surface area (Å²) in [4.78, 5) is 16.5. The van der Waals surface area contributed by atoms with Gasteiger partial charge in [0.2, 0.25) is 15.9 Å². The Hall–Kier alpha value is -1.62. The van der Waals surface area contributed by atoms with Crippen LogP contribution in [-0.4, -0.2) is 50.6 Å². The number of amides is 1. The van der Waals surface area contributed by atoms with Crippen molar-refractivity contribution in [2.24, 2.45) is 0 Å². The lowest BCUT2D eigenvalue weighted by molar-refractivity contribution is -0.113. The first-order valence-corrected chi connectivity index (χ1v) is 10.5. The van der Waals surface area contributed by atoms with Gasteiger partial charge in [-0.25, -0.2) is 17.7 Å². The van der Waals surface area contributed by atoms with Crippen molar-refractivity contribution in [3.8, 4) is 5.75 Å². The molecule has 2 rings (SSSR count). The average molecular weight is 402 g/mol. The van der Waals surface area contributed by atoms with Gasteiger partial charge in [-0.2, -0.15) is 0 Å². The van der Waals surface area contributed by atoms with Crippen LogP contribution in [0.1, 0.15) is 5.69 Å². The summed E-state index contributed by atoms with van der Waals surface area (Å²) in [5.41, 5.74) is 1.22. The van der Waals surface area contributed by atoms with E-state index >= 15 is 0 Å². The molecule has 10 heteroatoms. The SMILES string of the molecule is COc1ccc(S(=O)(=O)N(C)C)cc1NC(=O)CSc1nc(C)cs1. The molecular weight excluding hydrogens is 382 g/mol. The number of ether oxygens (including phenoxy) is 1. The third-order valence-corrected chi connectivity index (χ3v) is 7.10. The van der Waals surface area contributed by atoms with Gasteiger partial charge in [-0.15, -0.1) is 11.3 Å². The fraction of sp³-hybridized carbons (Fsp3) is 0.333. The Balaban J connectivity index is 2.15. The van der Waals surface area contributed by atoms with Crippen LogP contribution in [0.15, 0.2) is 32.8 Å². The topological polar surface area (TPSA) is 88.6 Å². The Morgan fingerprint density at radius 3 is 2.68 bits per heavy atom. The number of sulfonamides is 1. The van der Waals surface area contributed by atoms with E-state index in [2.05, 4.69) is 10.3 Å². The van der Waals surface area contributed by atoms with Crippen LogP contribution in [0.25, 0.3) is 0 Å². The third kappa shape index (κ3) is 4.94. The lowest BCUT2D eigenvalue weighted by atomic mass is 10.3. The normalized spacial score (nSPS) is 11.6. The molecule has 0 atom stereocenters. The minimum Gasteiger partial charge on any atom is -0.495 e. The van der Waals surface area contributed by atoms with E-state index in [-0.39, 0.29) is 16.6 Å². The highest BCUT2D eigenvalue weighted by atomic mass is 32.2. The first-order chi connectivity index (χ1) is 11.7. The number of hydrogen-bond donors (Lipinski definition) is 1. The highest BCUT2D eigenvalue weighted by molar-refractivity contribution is 8.01. The highest BCUT2D eigenvalue weighted by Crippen LogP contribution is 2.29. The first-order valence-electron chi connectivity index (χ1n) is 7.19. The fourth-order valence-electron chi connectivity index (χ4n) is 1.87. The van der Waals surface area contributed by atoms with Gasteiger partial charge in [0.1, 0.15) is 5.75 Å². The van der Waals surface area contributed by atoms with Crippen molar-refractivity contribution in [3.05, 3.63) is 29.3 Å². The maximum Gasteiger partial charge on any atom is 0.242 e. The molecule has 25 heavy (non-hydrogen) atoms. The van der Waals surface area contributed by atoms with Crippen LogP contribution >= 0.6 is 23.1 Å². The largest absolute Gasteiger partial charge is 0.495 e. The molecule has 0 unspecified atom stereocenters. The molecule has 1 aromatic heterocycles. The van der Waals surface area contributed by atoms with E-state index in [0.717, 1.165) is 14.3 Å². The van der Waals surface area contributed by atoms with E-state index in [0.29, 0.717) is 11.4 Å². The highest BCUT2D eigenvalue weighted by Gasteiger charge is 2.20. The molecule has 1 N–H and O–H groups in total. The van der Waals surface area contributed by atoms with E-state index in [9.17, 15) is 13.2 Å². The Labute approximate surface area is 155 Å². The predicted octanol–water partition coefficient (Wildman–Crippen LogP) is 2.44. The zero-order chi connectivity index (χ0) is 18.6. The maximum absolute atomic E-state index is 12.2. The van der Waals surface area contributed by atoms with Gasteiger partial charge in [0, 0.05) is 25.2 Å². The summed E-state index contributed by atoms with van der Waals surface area (Å²) in [5, 5.41) is 4.61. The number of thiazole rings is 1. The van der Waals surface area contributed by atoms with E-state index in [1.54, 1.807) is 0 Å². The number of carbonyl (C=O) groups is 1. The quantitative estimate of drug-likeness (QED) is 0.717. The monoisotopic (exact) mass is 401 g/mol. The van der Waals surface area contributed by atoms with Gasteiger partial charge in [0.15, 0.2) is 4.34 Å². The molecule has 0 spiro atoms. The predicted molar refractivity (Wildman–Crippen MR) is 100 cm³/mol. The van der Waals surface area contributed by atoms with Crippen molar-refractivity contribution in [3.63, 3.8) is 0 Å². The number of aryl methyl sites for hydroxylation is 1. The molecule has 0 radical (unpaired) electrons. The molecule has 0 aliphatic heterocycles. The molecule has 1 heterocycles. The zero-order valence-electron chi connectivity index (χ0n) is 14.3.